The second kappa shape index (κ2) is 4.51. The van der Waals surface area contributed by atoms with Gasteiger partial charge in [0.05, 0.1) is 0 Å². The number of anilines is 1. The maximum absolute atomic E-state index is 3.84. The topological polar surface area (TPSA) is 12.0 Å². The molecule has 5 rings (SSSR count). The third-order valence-electron chi connectivity index (χ3n) is 6.41. The van der Waals surface area contributed by atoms with Gasteiger partial charge in [-0.2, -0.15) is 0 Å². The van der Waals surface area contributed by atoms with Crippen LogP contribution in [0.1, 0.15) is 51.0 Å². The molecule has 0 spiro atoms. The number of benzene rings is 1. The maximum atomic E-state index is 3.84. The molecule has 4 saturated carbocycles. The van der Waals surface area contributed by atoms with Gasteiger partial charge in [-0.15, -0.1) is 0 Å². The third kappa shape index (κ3) is 2.06. The van der Waals surface area contributed by atoms with Crippen LogP contribution < -0.4 is 5.32 Å². The summed E-state index contributed by atoms with van der Waals surface area (Å²) in [5.74, 6) is 3.13. The van der Waals surface area contributed by atoms with Gasteiger partial charge in [0, 0.05) is 11.7 Å². The van der Waals surface area contributed by atoms with Crippen molar-refractivity contribution in [3.05, 3.63) is 29.8 Å². The van der Waals surface area contributed by atoms with Gasteiger partial charge in [-0.25, -0.2) is 0 Å². The normalized spacial score (nSPS) is 39.8. The predicted octanol–water partition coefficient (Wildman–Crippen LogP) is 5.01. The van der Waals surface area contributed by atoms with Crippen LogP contribution in [-0.2, 0) is 0 Å². The molecule has 0 radical (unpaired) electrons. The van der Waals surface area contributed by atoms with Gasteiger partial charge in [0.2, 0.25) is 0 Å². The van der Waals surface area contributed by atoms with Crippen molar-refractivity contribution in [2.45, 2.75) is 58.4 Å². The smallest absolute Gasteiger partial charge is 0.0345 e. The van der Waals surface area contributed by atoms with Crippen molar-refractivity contribution in [3.63, 3.8) is 0 Å². The number of nitrogens with one attached hydrogen (secondary N) is 1. The molecule has 4 bridgehead atoms. The maximum Gasteiger partial charge on any atom is 0.0345 e. The van der Waals surface area contributed by atoms with Crippen molar-refractivity contribution in [3.8, 4) is 0 Å². The van der Waals surface area contributed by atoms with Crippen molar-refractivity contribution in [1.82, 2.24) is 0 Å². The summed E-state index contributed by atoms with van der Waals surface area (Å²) in [6.45, 7) is 4.62. The Hall–Kier alpha value is -0.980. The highest BCUT2D eigenvalue weighted by atomic mass is 14.9. The molecule has 1 nitrogen and oxygen atoms in total. The van der Waals surface area contributed by atoms with Crippen LogP contribution in [0.5, 0.6) is 0 Å². The first-order valence-corrected chi connectivity index (χ1v) is 8.46. The molecule has 108 valence electrons. The van der Waals surface area contributed by atoms with Gasteiger partial charge in [0.25, 0.3) is 0 Å². The fourth-order valence-electron chi connectivity index (χ4n) is 5.85. The van der Waals surface area contributed by atoms with Gasteiger partial charge in [-0.3, -0.25) is 0 Å². The zero-order valence-corrected chi connectivity index (χ0v) is 12.9. The Morgan fingerprint density at radius 1 is 1.05 bits per heavy atom. The van der Waals surface area contributed by atoms with Crippen LogP contribution >= 0.6 is 0 Å². The van der Waals surface area contributed by atoms with Crippen LogP contribution in [0.4, 0.5) is 5.69 Å². The molecule has 1 unspecified atom stereocenters. The highest BCUT2D eigenvalue weighted by Gasteiger charge is 2.53. The summed E-state index contributed by atoms with van der Waals surface area (Å²) in [5.41, 5.74) is 3.26. The molecule has 1 atom stereocenters. The molecule has 0 saturated heterocycles. The van der Waals surface area contributed by atoms with Crippen LogP contribution in [-0.4, -0.2) is 6.04 Å². The molecule has 1 heteroatoms. The largest absolute Gasteiger partial charge is 0.382 e. The van der Waals surface area contributed by atoms with Gasteiger partial charge in [0.1, 0.15) is 0 Å². The minimum absolute atomic E-state index is 0.596. The zero-order chi connectivity index (χ0) is 13.7. The summed E-state index contributed by atoms with van der Waals surface area (Å²) in [7, 11) is 0. The Kier molecular flexibility index (Phi) is 2.87. The van der Waals surface area contributed by atoms with Crippen LogP contribution in [0.3, 0.4) is 0 Å². The first kappa shape index (κ1) is 12.7. The standard InChI is InChI=1S/C19H27N/c1-13-4-3-5-18(6-13)20-14(2)19-10-15-7-16(11-19)9-17(8-15)12-19/h3-6,14-17,20H,7-12H2,1-2H3. The van der Waals surface area contributed by atoms with E-state index in [1.54, 1.807) is 0 Å². The molecular formula is C19H27N. The van der Waals surface area contributed by atoms with Crippen LogP contribution in [0.15, 0.2) is 24.3 Å². The Morgan fingerprint density at radius 2 is 1.65 bits per heavy atom. The lowest BCUT2D eigenvalue weighted by Crippen LogP contribution is -2.52. The number of rotatable bonds is 3. The SMILES string of the molecule is Cc1cccc(NC(C)C23CC4CC(CC(C4)C2)C3)c1. The highest BCUT2D eigenvalue weighted by molar-refractivity contribution is 5.46. The molecule has 4 fully saturated rings. The molecule has 1 aromatic carbocycles. The summed E-state index contributed by atoms with van der Waals surface area (Å²) in [4.78, 5) is 0. The van der Waals surface area contributed by atoms with Gasteiger partial charge >= 0.3 is 0 Å². The lowest BCUT2D eigenvalue weighted by atomic mass is 9.48. The molecule has 0 amide bonds. The van der Waals surface area contributed by atoms with Gasteiger partial charge in [-0.05, 0) is 93.2 Å². The van der Waals surface area contributed by atoms with Crippen molar-refractivity contribution in [2.75, 3.05) is 5.32 Å². The van der Waals surface area contributed by atoms with E-state index in [1.807, 2.05) is 0 Å². The summed E-state index contributed by atoms with van der Waals surface area (Å²) in [6.07, 6.45) is 9.07. The van der Waals surface area contributed by atoms with E-state index in [9.17, 15) is 0 Å². The molecule has 1 N–H and O–H groups in total. The first-order valence-electron chi connectivity index (χ1n) is 8.46. The van der Waals surface area contributed by atoms with Crippen LogP contribution in [0.25, 0.3) is 0 Å². The average molecular weight is 269 g/mol. The van der Waals surface area contributed by atoms with Crippen molar-refractivity contribution in [1.29, 1.82) is 0 Å². The van der Waals surface area contributed by atoms with E-state index in [2.05, 4.69) is 43.4 Å². The summed E-state index contributed by atoms with van der Waals surface area (Å²) < 4.78 is 0. The van der Waals surface area contributed by atoms with Crippen LogP contribution in [0.2, 0.25) is 0 Å². The van der Waals surface area contributed by atoms with E-state index in [1.165, 1.54) is 49.8 Å². The van der Waals surface area contributed by atoms with E-state index >= 15 is 0 Å². The van der Waals surface area contributed by atoms with Crippen molar-refractivity contribution in [2.24, 2.45) is 23.2 Å². The third-order valence-corrected chi connectivity index (χ3v) is 6.41. The van der Waals surface area contributed by atoms with E-state index in [-0.39, 0.29) is 0 Å². The summed E-state index contributed by atoms with van der Waals surface area (Å²) in [5, 5.41) is 3.84. The Bertz CT molecular complexity index is 469. The summed E-state index contributed by atoms with van der Waals surface area (Å²) in [6, 6.07) is 9.49. The predicted molar refractivity (Wildman–Crippen MR) is 84.9 cm³/mol. The fraction of sp³-hybridized carbons (Fsp3) is 0.684. The molecule has 0 aromatic heterocycles. The number of aryl methyl sites for hydroxylation is 1. The molecule has 1 aromatic rings. The van der Waals surface area contributed by atoms with Crippen molar-refractivity contribution < 1.29 is 0 Å². The van der Waals surface area contributed by atoms with E-state index in [0.29, 0.717) is 11.5 Å². The van der Waals surface area contributed by atoms with E-state index in [4.69, 9.17) is 0 Å². The number of hydrogen-bond donors (Lipinski definition) is 1. The van der Waals surface area contributed by atoms with Crippen LogP contribution in [0, 0.1) is 30.1 Å². The first-order chi connectivity index (χ1) is 9.63. The van der Waals surface area contributed by atoms with Gasteiger partial charge < -0.3 is 5.32 Å². The minimum atomic E-state index is 0.596. The fourth-order valence-corrected chi connectivity index (χ4v) is 5.85. The van der Waals surface area contributed by atoms with Gasteiger partial charge in [-0.1, -0.05) is 12.1 Å². The Balaban J connectivity index is 1.54. The highest BCUT2D eigenvalue weighted by Crippen LogP contribution is 2.61. The Labute approximate surface area is 123 Å². The quantitative estimate of drug-likeness (QED) is 0.813. The lowest BCUT2D eigenvalue weighted by molar-refractivity contribution is -0.0602. The van der Waals surface area contributed by atoms with Gasteiger partial charge in [0.15, 0.2) is 0 Å². The zero-order valence-electron chi connectivity index (χ0n) is 12.9. The lowest BCUT2D eigenvalue weighted by Gasteiger charge is -2.59. The average Bonchev–Trinajstić information content (AvgIpc) is 2.37. The van der Waals surface area contributed by atoms with Crippen molar-refractivity contribution >= 4 is 5.69 Å². The molecule has 0 heterocycles. The monoisotopic (exact) mass is 269 g/mol. The number of hydrogen-bond acceptors (Lipinski definition) is 1. The molecule has 20 heavy (non-hydrogen) atoms. The van der Waals surface area contributed by atoms with E-state index in [0.717, 1.165) is 17.8 Å². The molecule has 4 aliphatic rings. The minimum Gasteiger partial charge on any atom is -0.382 e. The van der Waals surface area contributed by atoms with E-state index < -0.39 is 0 Å². The second-order valence-corrected chi connectivity index (χ2v) is 8.02. The Morgan fingerprint density at radius 3 is 2.20 bits per heavy atom. The molecule has 0 aliphatic heterocycles. The summed E-state index contributed by atoms with van der Waals surface area (Å²) >= 11 is 0. The second-order valence-electron chi connectivity index (χ2n) is 8.02. The molecular weight excluding hydrogens is 242 g/mol. The molecule has 4 aliphatic carbocycles.